The molecule has 0 spiro atoms. The van der Waals surface area contributed by atoms with Crippen LogP contribution in [0.15, 0.2) is 56.8 Å². The Morgan fingerprint density at radius 3 is 2.72 bits per heavy atom. The van der Waals surface area contributed by atoms with Gasteiger partial charge in [0, 0.05) is 4.88 Å². The van der Waals surface area contributed by atoms with Crippen molar-refractivity contribution < 1.29 is 19.0 Å². The summed E-state index contributed by atoms with van der Waals surface area (Å²) in [6.07, 6.45) is 2.77. The average molecular weight is 527 g/mol. The van der Waals surface area contributed by atoms with Crippen LogP contribution in [0, 0.1) is 5.92 Å². The smallest absolute Gasteiger partial charge is 0.338 e. The zero-order valence-electron chi connectivity index (χ0n) is 21.1. The molecule has 9 heteroatoms. The van der Waals surface area contributed by atoms with Gasteiger partial charge in [-0.25, -0.2) is 9.79 Å². The molecule has 0 aliphatic carbocycles. The van der Waals surface area contributed by atoms with Crippen LogP contribution < -0.4 is 24.4 Å². The Morgan fingerprint density at radius 1 is 1.25 bits per heavy atom. The summed E-state index contributed by atoms with van der Waals surface area (Å²) >= 11 is 2.79. The zero-order valence-corrected chi connectivity index (χ0v) is 22.7. The number of methoxy groups -OCH3 is 1. The standard InChI is InChI=1S/C27H30N2O5S2/c1-6-33-26(31)23-17(4)28-27-29(24(23)21-8-7-13-35-21)25(30)22(36-27)15-18-9-10-19(20(14-18)32-5)34-12-11-16(2)3/h7-10,13-16,24H,6,11-12H2,1-5H3. The molecule has 4 rings (SSSR count). The van der Waals surface area contributed by atoms with Crippen LogP contribution in [0.3, 0.4) is 0 Å². The number of benzene rings is 1. The maximum Gasteiger partial charge on any atom is 0.338 e. The number of ether oxygens (including phenoxy) is 3. The first kappa shape index (κ1) is 25.9. The van der Waals surface area contributed by atoms with Crippen molar-refractivity contribution in [2.45, 2.75) is 40.2 Å². The summed E-state index contributed by atoms with van der Waals surface area (Å²) < 4.78 is 18.9. The van der Waals surface area contributed by atoms with E-state index >= 15 is 0 Å². The monoisotopic (exact) mass is 526 g/mol. The lowest BCUT2D eigenvalue weighted by atomic mass is 10.0. The second-order valence-electron chi connectivity index (χ2n) is 8.76. The number of fused-ring (bicyclic) bond motifs is 1. The van der Waals surface area contributed by atoms with E-state index in [1.165, 1.54) is 22.7 Å². The number of rotatable bonds is 9. The van der Waals surface area contributed by atoms with E-state index in [1.807, 2.05) is 41.8 Å². The van der Waals surface area contributed by atoms with Gasteiger partial charge < -0.3 is 14.2 Å². The minimum absolute atomic E-state index is 0.206. The van der Waals surface area contributed by atoms with Crippen LogP contribution in [0.4, 0.5) is 0 Å². The highest BCUT2D eigenvalue weighted by Crippen LogP contribution is 2.33. The fourth-order valence-electron chi connectivity index (χ4n) is 3.96. The van der Waals surface area contributed by atoms with Crippen LogP contribution in [0.1, 0.15) is 50.6 Å². The normalized spacial score (nSPS) is 15.6. The molecule has 0 radical (unpaired) electrons. The molecule has 0 N–H and O–H groups in total. The first-order valence-electron chi connectivity index (χ1n) is 11.9. The molecule has 190 valence electrons. The number of allylic oxidation sites excluding steroid dienone is 1. The molecule has 1 aliphatic rings. The first-order valence-corrected chi connectivity index (χ1v) is 13.6. The number of nitrogens with zero attached hydrogens (tertiary/aromatic N) is 2. The van der Waals surface area contributed by atoms with Crippen LogP contribution in [0.5, 0.6) is 11.5 Å². The summed E-state index contributed by atoms with van der Waals surface area (Å²) in [5, 5.41) is 1.93. The van der Waals surface area contributed by atoms with Crippen LogP contribution >= 0.6 is 22.7 Å². The zero-order chi connectivity index (χ0) is 25.8. The van der Waals surface area contributed by atoms with Gasteiger partial charge in [-0.3, -0.25) is 9.36 Å². The van der Waals surface area contributed by atoms with E-state index in [2.05, 4.69) is 18.8 Å². The van der Waals surface area contributed by atoms with Crippen molar-refractivity contribution in [2.75, 3.05) is 20.3 Å². The summed E-state index contributed by atoms with van der Waals surface area (Å²) in [4.78, 5) is 32.5. The summed E-state index contributed by atoms with van der Waals surface area (Å²) in [5.41, 5.74) is 1.55. The number of carbonyl (C=O) groups excluding carboxylic acids is 1. The Labute approximate surface area is 218 Å². The van der Waals surface area contributed by atoms with Gasteiger partial charge in [0.1, 0.15) is 6.04 Å². The third kappa shape index (κ3) is 5.32. The van der Waals surface area contributed by atoms with Crippen LogP contribution in [-0.2, 0) is 9.53 Å². The van der Waals surface area contributed by atoms with Gasteiger partial charge in [0.15, 0.2) is 16.3 Å². The van der Waals surface area contributed by atoms with E-state index < -0.39 is 12.0 Å². The fourth-order valence-corrected chi connectivity index (χ4v) is 5.83. The van der Waals surface area contributed by atoms with E-state index in [-0.39, 0.29) is 12.2 Å². The minimum Gasteiger partial charge on any atom is -0.493 e. The van der Waals surface area contributed by atoms with Crippen molar-refractivity contribution in [3.05, 3.63) is 77.1 Å². The third-order valence-electron chi connectivity index (χ3n) is 5.77. The van der Waals surface area contributed by atoms with E-state index in [9.17, 15) is 9.59 Å². The molecule has 0 amide bonds. The van der Waals surface area contributed by atoms with Gasteiger partial charge in [-0.2, -0.15) is 0 Å². The third-order valence-corrected chi connectivity index (χ3v) is 7.68. The van der Waals surface area contributed by atoms with Crippen molar-refractivity contribution in [1.82, 2.24) is 4.57 Å². The topological polar surface area (TPSA) is 79.1 Å². The molecule has 36 heavy (non-hydrogen) atoms. The Kier molecular flexibility index (Phi) is 8.11. The largest absolute Gasteiger partial charge is 0.493 e. The summed E-state index contributed by atoms with van der Waals surface area (Å²) in [5.74, 6) is 1.37. The second kappa shape index (κ2) is 11.3. The lowest BCUT2D eigenvalue weighted by molar-refractivity contribution is -0.139. The SMILES string of the molecule is CCOC(=O)C1=C(C)N=c2sc(=Cc3ccc(OCCC(C)C)c(OC)c3)c(=O)n2C1c1cccs1. The predicted octanol–water partition coefficient (Wildman–Crippen LogP) is 4.29. The van der Waals surface area contributed by atoms with Crippen LogP contribution in [0.25, 0.3) is 6.08 Å². The van der Waals surface area contributed by atoms with Gasteiger partial charge in [0.05, 0.1) is 36.1 Å². The predicted molar refractivity (Wildman–Crippen MR) is 143 cm³/mol. The van der Waals surface area contributed by atoms with Crippen molar-refractivity contribution in [2.24, 2.45) is 10.9 Å². The molecule has 3 heterocycles. The molecule has 1 atom stereocenters. The van der Waals surface area contributed by atoms with E-state index in [1.54, 1.807) is 25.5 Å². The maximum absolute atomic E-state index is 13.6. The number of hydrogen-bond acceptors (Lipinski definition) is 8. The van der Waals surface area contributed by atoms with Crippen molar-refractivity contribution in [3.63, 3.8) is 0 Å². The number of thiophene rings is 1. The lowest BCUT2D eigenvalue weighted by Gasteiger charge is -2.23. The summed E-state index contributed by atoms with van der Waals surface area (Å²) in [6, 6.07) is 8.87. The van der Waals surface area contributed by atoms with E-state index in [0.29, 0.717) is 44.6 Å². The van der Waals surface area contributed by atoms with Gasteiger partial charge in [-0.15, -0.1) is 11.3 Å². The molecular formula is C27H30N2O5S2. The molecule has 0 saturated carbocycles. The molecule has 0 saturated heterocycles. The molecule has 0 fully saturated rings. The maximum atomic E-state index is 13.6. The van der Waals surface area contributed by atoms with E-state index in [0.717, 1.165) is 16.9 Å². The Morgan fingerprint density at radius 2 is 2.06 bits per heavy atom. The highest BCUT2D eigenvalue weighted by molar-refractivity contribution is 7.10. The molecule has 7 nitrogen and oxygen atoms in total. The van der Waals surface area contributed by atoms with Crippen molar-refractivity contribution in [1.29, 1.82) is 0 Å². The minimum atomic E-state index is -0.575. The molecule has 1 aliphatic heterocycles. The Balaban J connectivity index is 1.77. The second-order valence-corrected chi connectivity index (χ2v) is 10.7. The van der Waals surface area contributed by atoms with Gasteiger partial charge in [0.25, 0.3) is 5.56 Å². The van der Waals surface area contributed by atoms with Gasteiger partial charge in [-0.1, -0.05) is 37.3 Å². The average Bonchev–Trinajstić information content (AvgIpc) is 3.47. The highest BCUT2D eigenvalue weighted by Gasteiger charge is 2.33. The number of hydrogen-bond donors (Lipinski definition) is 0. The lowest BCUT2D eigenvalue weighted by Crippen LogP contribution is -2.39. The number of thiazole rings is 1. The fraction of sp³-hybridized carbons (Fsp3) is 0.370. The van der Waals surface area contributed by atoms with Crippen LogP contribution in [0.2, 0.25) is 0 Å². The number of aromatic nitrogens is 1. The quantitative estimate of drug-likeness (QED) is 0.389. The Hall–Kier alpha value is -3.17. The van der Waals surface area contributed by atoms with Crippen molar-refractivity contribution in [3.8, 4) is 11.5 Å². The molecular weight excluding hydrogens is 496 g/mol. The highest BCUT2D eigenvalue weighted by atomic mass is 32.1. The molecule has 2 aromatic heterocycles. The first-order chi connectivity index (χ1) is 17.3. The van der Waals surface area contributed by atoms with E-state index in [4.69, 9.17) is 14.2 Å². The van der Waals surface area contributed by atoms with Crippen LogP contribution in [-0.4, -0.2) is 30.9 Å². The number of esters is 1. The number of carbonyl (C=O) groups is 1. The van der Waals surface area contributed by atoms with Gasteiger partial charge in [0.2, 0.25) is 0 Å². The summed E-state index contributed by atoms with van der Waals surface area (Å²) in [6.45, 7) is 8.71. The Bertz CT molecular complexity index is 1450. The van der Waals surface area contributed by atoms with Crippen molar-refractivity contribution >= 4 is 34.7 Å². The van der Waals surface area contributed by atoms with Gasteiger partial charge in [-0.05, 0) is 61.4 Å². The molecule has 1 aromatic carbocycles. The molecule has 3 aromatic rings. The molecule has 1 unspecified atom stereocenters. The summed E-state index contributed by atoms with van der Waals surface area (Å²) in [7, 11) is 1.60. The van der Waals surface area contributed by atoms with Gasteiger partial charge >= 0.3 is 5.97 Å². The molecule has 0 bridgehead atoms.